The van der Waals surface area contributed by atoms with Gasteiger partial charge in [0.1, 0.15) is 5.75 Å². The van der Waals surface area contributed by atoms with Crippen LogP contribution in [0.15, 0.2) is 40.9 Å². The number of halogens is 5. The van der Waals surface area contributed by atoms with Crippen molar-refractivity contribution >= 4 is 56.5 Å². The zero-order valence-corrected chi connectivity index (χ0v) is 18.5. The van der Waals surface area contributed by atoms with Crippen molar-refractivity contribution in [3.05, 3.63) is 57.0 Å². The monoisotopic (exact) mass is 508 g/mol. The molecule has 0 fully saturated rings. The molecule has 0 bridgehead atoms. The quantitative estimate of drug-likeness (QED) is 0.466. The van der Waals surface area contributed by atoms with Crippen molar-refractivity contribution in [2.24, 2.45) is 5.92 Å². The van der Waals surface area contributed by atoms with Gasteiger partial charge in [0.05, 0.1) is 28.4 Å². The van der Waals surface area contributed by atoms with E-state index in [9.17, 15) is 18.0 Å². The molecule has 0 aliphatic rings. The summed E-state index contributed by atoms with van der Waals surface area (Å²) < 4.78 is 45.0. The van der Waals surface area contributed by atoms with E-state index in [1.807, 2.05) is 13.8 Å². The summed E-state index contributed by atoms with van der Waals surface area (Å²) in [6.45, 7) is 4.34. The van der Waals surface area contributed by atoms with E-state index >= 15 is 0 Å². The van der Waals surface area contributed by atoms with Gasteiger partial charge in [-0.05, 0) is 54.5 Å². The minimum Gasteiger partial charge on any atom is -0.492 e. The average molecular weight is 510 g/mol. The summed E-state index contributed by atoms with van der Waals surface area (Å²) in [4.78, 5) is 12.6. The number of amides is 1. The third-order valence-electron chi connectivity index (χ3n) is 3.53. The van der Waals surface area contributed by atoms with Crippen molar-refractivity contribution in [1.82, 2.24) is 5.32 Å². The zero-order valence-electron chi connectivity index (χ0n) is 15.4. The number of ether oxygens (including phenoxy) is 1. The van der Waals surface area contributed by atoms with Crippen LogP contribution in [0.3, 0.4) is 0 Å². The largest absolute Gasteiger partial charge is 0.492 e. The number of nitrogens with one attached hydrogen (secondary N) is 2. The number of rotatable bonds is 5. The minimum absolute atomic E-state index is 0.0259. The fourth-order valence-corrected chi connectivity index (χ4v) is 2.91. The molecule has 0 radical (unpaired) electrons. The van der Waals surface area contributed by atoms with Crippen LogP contribution in [-0.4, -0.2) is 17.6 Å². The van der Waals surface area contributed by atoms with Gasteiger partial charge in [-0.3, -0.25) is 10.1 Å². The van der Waals surface area contributed by atoms with Crippen LogP contribution in [0.5, 0.6) is 5.75 Å². The van der Waals surface area contributed by atoms with Crippen LogP contribution < -0.4 is 15.4 Å². The van der Waals surface area contributed by atoms with Gasteiger partial charge in [-0.1, -0.05) is 41.4 Å². The first-order chi connectivity index (χ1) is 13.5. The van der Waals surface area contributed by atoms with Gasteiger partial charge >= 0.3 is 6.18 Å². The number of hydrogen-bond acceptors (Lipinski definition) is 3. The standard InChI is InChI=1S/C19H17BrClF3N2O2S/c1-10(2)9-28-16-6-4-12(20)8-13(16)17(27)26-18(29)25-15-7-11(19(22,23)24)3-5-14(15)21/h3-8,10H,9H2,1-2H3,(H2,25,26,27,29). The maximum Gasteiger partial charge on any atom is 0.416 e. The number of benzene rings is 2. The minimum atomic E-state index is -4.54. The second kappa shape index (κ2) is 9.77. The van der Waals surface area contributed by atoms with Gasteiger partial charge in [0.2, 0.25) is 0 Å². The predicted octanol–water partition coefficient (Wildman–Crippen LogP) is 6.28. The van der Waals surface area contributed by atoms with E-state index in [0.29, 0.717) is 16.8 Å². The predicted molar refractivity (Wildman–Crippen MR) is 115 cm³/mol. The van der Waals surface area contributed by atoms with Gasteiger partial charge in [-0.15, -0.1) is 0 Å². The van der Waals surface area contributed by atoms with E-state index in [1.165, 1.54) is 0 Å². The first kappa shape index (κ1) is 23.4. The Hall–Kier alpha value is -1.84. The number of carbonyl (C=O) groups is 1. The van der Waals surface area contributed by atoms with Gasteiger partial charge in [-0.25, -0.2) is 0 Å². The third kappa shape index (κ3) is 6.87. The second-order valence-electron chi connectivity index (χ2n) is 6.45. The van der Waals surface area contributed by atoms with Crippen LogP contribution in [0.2, 0.25) is 5.02 Å². The molecule has 0 saturated carbocycles. The summed E-state index contributed by atoms with van der Waals surface area (Å²) in [5.41, 5.74) is -0.744. The van der Waals surface area contributed by atoms with Gasteiger partial charge in [-0.2, -0.15) is 13.2 Å². The molecular formula is C19H17BrClF3N2O2S. The normalized spacial score (nSPS) is 11.3. The molecule has 0 atom stereocenters. The second-order valence-corrected chi connectivity index (χ2v) is 8.18. The van der Waals surface area contributed by atoms with Crippen molar-refractivity contribution in [3.63, 3.8) is 0 Å². The molecule has 29 heavy (non-hydrogen) atoms. The first-order valence-electron chi connectivity index (χ1n) is 8.38. The van der Waals surface area contributed by atoms with Crippen LogP contribution in [0.4, 0.5) is 18.9 Å². The lowest BCUT2D eigenvalue weighted by atomic mass is 10.2. The molecule has 2 N–H and O–H groups in total. The molecule has 0 aliphatic heterocycles. The highest BCUT2D eigenvalue weighted by Crippen LogP contribution is 2.33. The summed E-state index contributed by atoms with van der Waals surface area (Å²) in [6, 6.07) is 7.70. The Morgan fingerprint density at radius 3 is 2.55 bits per heavy atom. The number of alkyl halides is 3. The van der Waals surface area contributed by atoms with Crippen molar-refractivity contribution in [2.45, 2.75) is 20.0 Å². The van der Waals surface area contributed by atoms with Gasteiger partial charge in [0, 0.05) is 4.47 Å². The van der Waals surface area contributed by atoms with Crippen LogP contribution in [0.25, 0.3) is 0 Å². The highest BCUT2D eigenvalue weighted by atomic mass is 79.9. The molecule has 0 heterocycles. The molecule has 4 nitrogen and oxygen atoms in total. The molecule has 2 aromatic carbocycles. The Labute approximate surface area is 184 Å². The van der Waals surface area contributed by atoms with Crippen molar-refractivity contribution in [2.75, 3.05) is 11.9 Å². The van der Waals surface area contributed by atoms with Gasteiger partial charge < -0.3 is 10.1 Å². The van der Waals surface area contributed by atoms with E-state index in [-0.39, 0.29) is 27.3 Å². The van der Waals surface area contributed by atoms with E-state index in [4.69, 9.17) is 28.6 Å². The maximum absolute atomic E-state index is 12.9. The molecule has 0 unspecified atom stereocenters. The summed E-state index contributed by atoms with van der Waals surface area (Å²) in [5, 5.41) is 4.77. The molecular weight excluding hydrogens is 493 g/mol. The fraction of sp³-hybridized carbons (Fsp3) is 0.263. The van der Waals surface area contributed by atoms with Crippen LogP contribution in [-0.2, 0) is 6.18 Å². The lowest BCUT2D eigenvalue weighted by molar-refractivity contribution is -0.137. The maximum atomic E-state index is 12.9. The van der Waals surface area contributed by atoms with Crippen molar-refractivity contribution in [3.8, 4) is 5.75 Å². The summed E-state index contributed by atoms with van der Waals surface area (Å²) in [5.74, 6) is 0.0327. The molecule has 156 valence electrons. The smallest absolute Gasteiger partial charge is 0.416 e. The lowest BCUT2D eigenvalue weighted by Crippen LogP contribution is -2.34. The molecule has 0 aromatic heterocycles. The molecule has 2 aromatic rings. The summed E-state index contributed by atoms with van der Waals surface area (Å²) in [7, 11) is 0. The van der Waals surface area contributed by atoms with Gasteiger partial charge in [0.25, 0.3) is 5.91 Å². The van der Waals surface area contributed by atoms with Crippen LogP contribution in [0.1, 0.15) is 29.8 Å². The molecule has 0 aliphatic carbocycles. The highest BCUT2D eigenvalue weighted by molar-refractivity contribution is 9.10. The van der Waals surface area contributed by atoms with Crippen LogP contribution >= 0.6 is 39.7 Å². The zero-order chi connectivity index (χ0) is 21.8. The van der Waals surface area contributed by atoms with E-state index < -0.39 is 17.6 Å². The molecule has 0 spiro atoms. The van der Waals surface area contributed by atoms with Crippen molar-refractivity contribution < 1.29 is 22.7 Å². The number of hydrogen-bond donors (Lipinski definition) is 2. The Morgan fingerprint density at radius 1 is 1.24 bits per heavy atom. The van der Waals surface area contributed by atoms with Crippen LogP contribution in [0, 0.1) is 5.92 Å². The summed E-state index contributed by atoms with van der Waals surface area (Å²) >= 11 is 14.3. The fourth-order valence-electron chi connectivity index (χ4n) is 2.18. The molecule has 0 saturated heterocycles. The number of thiocarbonyl (C=S) groups is 1. The van der Waals surface area contributed by atoms with E-state index in [1.54, 1.807) is 18.2 Å². The lowest BCUT2D eigenvalue weighted by Gasteiger charge is -2.16. The van der Waals surface area contributed by atoms with E-state index in [2.05, 4.69) is 26.6 Å². The number of anilines is 1. The molecule has 2 rings (SSSR count). The Morgan fingerprint density at radius 2 is 1.93 bits per heavy atom. The SMILES string of the molecule is CC(C)COc1ccc(Br)cc1C(=O)NC(=S)Nc1cc(C(F)(F)F)ccc1Cl. The highest BCUT2D eigenvalue weighted by Gasteiger charge is 2.31. The average Bonchev–Trinajstić information content (AvgIpc) is 2.61. The topological polar surface area (TPSA) is 50.4 Å². The number of carbonyl (C=O) groups excluding carboxylic acids is 1. The molecule has 10 heteroatoms. The Kier molecular flexibility index (Phi) is 7.90. The Bertz CT molecular complexity index is 923. The first-order valence-corrected chi connectivity index (χ1v) is 9.96. The van der Waals surface area contributed by atoms with Gasteiger partial charge in [0.15, 0.2) is 5.11 Å². The molecule has 1 amide bonds. The Balaban J connectivity index is 2.16. The summed E-state index contributed by atoms with van der Waals surface area (Å²) in [6.07, 6.45) is -4.54. The van der Waals surface area contributed by atoms with E-state index in [0.717, 1.165) is 18.2 Å². The third-order valence-corrected chi connectivity index (χ3v) is 4.55. The van der Waals surface area contributed by atoms with Crippen molar-refractivity contribution in [1.29, 1.82) is 0 Å².